The van der Waals surface area contributed by atoms with Gasteiger partial charge in [0.1, 0.15) is 11.5 Å². The van der Waals surface area contributed by atoms with Gasteiger partial charge >= 0.3 is 0 Å². The topological polar surface area (TPSA) is 30.5 Å². The third-order valence-corrected chi connectivity index (χ3v) is 4.23. The van der Waals surface area contributed by atoms with Gasteiger partial charge < -0.3 is 14.8 Å². The second-order valence-corrected chi connectivity index (χ2v) is 6.69. The molecule has 3 heteroatoms. The molecule has 0 saturated carbocycles. The molecule has 0 fully saturated rings. The van der Waals surface area contributed by atoms with Crippen molar-refractivity contribution in [1.29, 1.82) is 0 Å². The van der Waals surface area contributed by atoms with Gasteiger partial charge in [0.15, 0.2) is 0 Å². The van der Waals surface area contributed by atoms with Crippen LogP contribution >= 0.6 is 0 Å². The summed E-state index contributed by atoms with van der Waals surface area (Å²) >= 11 is 0. The minimum absolute atomic E-state index is 0.338. The summed E-state index contributed by atoms with van der Waals surface area (Å²) in [4.78, 5) is 0. The maximum absolute atomic E-state index is 5.83. The molecule has 21 heavy (non-hydrogen) atoms. The zero-order valence-electron chi connectivity index (χ0n) is 14.2. The van der Waals surface area contributed by atoms with E-state index in [0.29, 0.717) is 17.9 Å². The van der Waals surface area contributed by atoms with Gasteiger partial charge in [-0.3, -0.25) is 0 Å². The fourth-order valence-corrected chi connectivity index (χ4v) is 3.38. The second kappa shape index (κ2) is 6.69. The second-order valence-electron chi connectivity index (χ2n) is 6.69. The molecule has 1 heterocycles. The van der Waals surface area contributed by atoms with Gasteiger partial charge in [-0.1, -0.05) is 27.7 Å². The van der Waals surface area contributed by atoms with Crippen molar-refractivity contribution in [3.8, 4) is 11.5 Å². The molecule has 1 aromatic rings. The summed E-state index contributed by atoms with van der Waals surface area (Å²) in [6, 6.07) is 2.52. The highest BCUT2D eigenvalue weighted by Crippen LogP contribution is 2.43. The molecule has 0 spiro atoms. The molecule has 1 unspecified atom stereocenters. The Hall–Kier alpha value is -1.22. The highest BCUT2D eigenvalue weighted by atomic mass is 16.5. The van der Waals surface area contributed by atoms with Crippen LogP contribution in [-0.2, 0) is 12.8 Å². The number of methoxy groups -OCH3 is 2. The third-order valence-electron chi connectivity index (χ3n) is 4.23. The average Bonchev–Trinajstić information content (AvgIpc) is 2.44. The number of hydrogen-bond acceptors (Lipinski definition) is 3. The van der Waals surface area contributed by atoms with Crippen LogP contribution in [0.4, 0.5) is 0 Å². The molecule has 0 radical (unpaired) electrons. The van der Waals surface area contributed by atoms with E-state index in [0.717, 1.165) is 30.9 Å². The van der Waals surface area contributed by atoms with Crippen molar-refractivity contribution in [3.05, 3.63) is 22.8 Å². The van der Waals surface area contributed by atoms with Crippen LogP contribution in [0, 0.1) is 11.8 Å². The van der Waals surface area contributed by atoms with Crippen LogP contribution in [0.1, 0.15) is 50.4 Å². The summed E-state index contributed by atoms with van der Waals surface area (Å²) in [5, 5.41) is 3.65. The van der Waals surface area contributed by atoms with Crippen LogP contribution in [0.3, 0.4) is 0 Å². The zero-order chi connectivity index (χ0) is 15.6. The molecule has 1 N–H and O–H groups in total. The fourth-order valence-electron chi connectivity index (χ4n) is 3.38. The van der Waals surface area contributed by atoms with E-state index in [1.54, 1.807) is 14.2 Å². The summed E-state index contributed by atoms with van der Waals surface area (Å²) in [6.45, 7) is 9.99. The van der Waals surface area contributed by atoms with Crippen LogP contribution in [0.5, 0.6) is 11.5 Å². The van der Waals surface area contributed by atoms with Crippen molar-refractivity contribution in [2.45, 2.75) is 46.6 Å². The van der Waals surface area contributed by atoms with Gasteiger partial charge in [0.25, 0.3) is 0 Å². The van der Waals surface area contributed by atoms with Crippen molar-refractivity contribution in [2.24, 2.45) is 11.8 Å². The Morgan fingerprint density at radius 1 is 1.19 bits per heavy atom. The lowest BCUT2D eigenvalue weighted by Crippen LogP contribution is -2.34. The zero-order valence-corrected chi connectivity index (χ0v) is 14.2. The van der Waals surface area contributed by atoms with Crippen molar-refractivity contribution in [2.75, 3.05) is 20.8 Å². The Morgan fingerprint density at radius 3 is 2.43 bits per heavy atom. The quantitative estimate of drug-likeness (QED) is 0.896. The summed E-state index contributed by atoms with van der Waals surface area (Å²) in [7, 11) is 3.56. The van der Waals surface area contributed by atoms with Crippen LogP contribution in [0.2, 0.25) is 0 Å². The molecule has 1 aromatic carbocycles. The predicted octanol–water partition coefficient (Wildman–Crippen LogP) is 3.75. The SMILES string of the molecule is COc1cc(CC(C)C)c(OC)c2c1CCNC2C(C)C. The Balaban J connectivity index is 2.64. The van der Waals surface area contributed by atoms with E-state index in [-0.39, 0.29) is 0 Å². The average molecular weight is 291 g/mol. The number of hydrogen-bond donors (Lipinski definition) is 1. The molecular formula is C18H29NO2. The van der Waals surface area contributed by atoms with Gasteiger partial charge in [-0.05, 0) is 42.9 Å². The molecule has 118 valence electrons. The van der Waals surface area contributed by atoms with E-state index < -0.39 is 0 Å². The molecule has 1 aliphatic heterocycles. The summed E-state index contributed by atoms with van der Waals surface area (Å²) in [5.74, 6) is 3.20. The van der Waals surface area contributed by atoms with E-state index in [1.807, 2.05) is 0 Å². The van der Waals surface area contributed by atoms with E-state index in [1.165, 1.54) is 16.7 Å². The van der Waals surface area contributed by atoms with Crippen molar-refractivity contribution >= 4 is 0 Å². The van der Waals surface area contributed by atoms with Crippen LogP contribution in [0.25, 0.3) is 0 Å². The molecule has 0 amide bonds. The Bertz CT molecular complexity index is 494. The molecule has 1 aliphatic rings. The van der Waals surface area contributed by atoms with Gasteiger partial charge in [0.05, 0.1) is 14.2 Å². The van der Waals surface area contributed by atoms with Crippen LogP contribution in [0.15, 0.2) is 6.07 Å². The molecule has 2 rings (SSSR count). The van der Waals surface area contributed by atoms with E-state index in [2.05, 4.69) is 39.1 Å². The van der Waals surface area contributed by atoms with Gasteiger partial charge in [0.2, 0.25) is 0 Å². The lowest BCUT2D eigenvalue weighted by atomic mass is 9.84. The minimum Gasteiger partial charge on any atom is -0.496 e. The van der Waals surface area contributed by atoms with Crippen molar-refractivity contribution in [1.82, 2.24) is 5.32 Å². The number of nitrogens with one attached hydrogen (secondary N) is 1. The normalized spacial score (nSPS) is 18.0. The van der Waals surface area contributed by atoms with E-state index in [4.69, 9.17) is 9.47 Å². The Labute approximate surface area is 129 Å². The van der Waals surface area contributed by atoms with Gasteiger partial charge in [0, 0.05) is 17.2 Å². The third kappa shape index (κ3) is 3.18. The first-order chi connectivity index (χ1) is 9.99. The molecule has 0 bridgehead atoms. The first kappa shape index (κ1) is 16.2. The number of benzene rings is 1. The van der Waals surface area contributed by atoms with Crippen molar-refractivity contribution in [3.63, 3.8) is 0 Å². The summed E-state index contributed by atoms with van der Waals surface area (Å²) in [6.07, 6.45) is 2.01. The van der Waals surface area contributed by atoms with Gasteiger partial charge in [-0.15, -0.1) is 0 Å². The molecule has 0 aromatic heterocycles. The van der Waals surface area contributed by atoms with Gasteiger partial charge in [-0.25, -0.2) is 0 Å². The van der Waals surface area contributed by atoms with Crippen molar-refractivity contribution < 1.29 is 9.47 Å². The monoisotopic (exact) mass is 291 g/mol. The first-order valence-electron chi connectivity index (χ1n) is 7.99. The summed E-state index contributed by atoms with van der Waals surface area (Å²) in [5.41, 5.74) is 3.89. The maximum atomic E-state index is 5.83. The first-order valence-corrected chi connectivity index (χ1v) is 7.99. The molecule has 1 atom stereocenters. The number of rotatable bonds is 5. The molecular weight excluding hydrogens is 262 g/mol. The smallest absolute Gasteiger partial charge is 0.127 e. The summed E-state index contributed by atoms with van der Waals surface area (Å²) < 4.78 is 11.5. The fraction of sp³-hybridized carbons (Fsp3) is 0.667. The lowest BCUT2D eigenvalue weighted by molar-refractivity contribution is 0.342. The predicted molar refractivity (Wildman–Crippen MR) is 87.4 cm³/mol. The standard InChI is InChI=1S/C18H29NO2/c1-11(2)9-13-10-15(20-5)14-7-8-19-17(12(3)4)16(14)18(13)21-6/h10-12,17,19H,7-9H2,1-6H3. The van der Waals surface area contributed by atoms with Gasteiger partial charge in [-0.2, -0.15) is 0 Å². The minimum atomic E-state index is 0.338. The van der Waals surface area contributed by atoms with Crippen LogP contribution < -0.4 is 14.8 Å². The molecule has 3 nitrogen and oxygen atoms in total. The Morgan fingerprint density at radius 2 is 1.90 bits per heavy atom. The van der Waals surface area contributed by atoms with E-state index in [9.17, 15) is 0 Å². The highest BCUT2D eigenvalue weighted by molar-refractivity contribution is 5.56. The largest absolute Gasteiger partial charge is 0.496 e. The molecule has 0 saturated heterocycles. The van der Waals surface area contributed by atoms with E-state index >= 15 is 0 Å². The highest BCUT2D eigenvalue weighted by Gasteiger charge is 2.30. The number of ether oxygens (including phenoxy) is 2. The van der Waals surface area contributed by atoms with Crippen LogP contribution in [-0.4, -0.2) is 20.8 Å². The molecule has 0 aliphatic carbocycles. The Kier molecular flexibility index (Phi) is 5.15. The lowest BCUT2D eigenvalue weighted by Gasteiger charge is -2.33. The number of fused-ring (bicyclic) bond motifs is 1. The maximum Gasteiger partial charge on any atom is 0.127 e.